The molecule has 1 fully saturated rings. The molecule has 2 rings (SSSR count). The molecule has 0 aliphatic heterocycles. The van der Waals surface area contributed by atoms with E-state index >= 15 is 0 Å². The van der Waals surface area contributed by atoms with E-state index in [1.807, 2.05) is 0 Å². The van der Waals surface area contributed by atoms with Crippen molar-refractivity contribution in [2.75, 3.05) is 5.73 Å². The predicted octanol–water partition coefficient (Wildman–Crippen LogP) is 3.79. The Bertz CT molecular complexity index is 517. The summed E-state index contributed by atoms with van der Waals surface area (Å²) in [6.45, 7) is 1.69. The molecule has 4 nitrogen and oxygen atoms in total. The van der Waals surface area contributed by atoms with Crippen molar-refractivity contribution >= 4 is 34.8 Å². The molecule has 0 saturated heterocycles. The number of halogens is 2. The molecule has 0 radical (unpaired) electrons. The topological polar surface area (TPSA) is 64.3 Å². The van der Waals surface area contributed by atoms with Crippen LogP contribution in [-0.2, 0) is 4.79 Å². The summed E-state index contributed by atoms with van der Waals surface area (Å²) in [7, 11) is 0. The lowest BCUT2D eigenvalue weighted by Crippen LogP contribution is -2.43. The molecule has 0 bridgehead atoms. The number of carbonyl (C=O) groups is 1. The second-order valence-electron chi connectivity index (χ2n) is 5.41. The third kappa shape index (κ3) is 4.42. The maximum atomic E-state index is 12.1. The van der Waals surface area contributed by atoms with Crippen LogP contribution < -0.4 is 15.8 Å². The van der Waals surface area contributed by atoms with Gasteiger partial charge in [0.05, 0.1) is 15.7 Å². The van der Waals surface area contributed by atoms with Crippen LogP contribution in [0.5, 0.6) is 5.75 Å². The molecule has 0 spiro atoms. The predicted molar refractivity (Wildman–Crippen MR) is 86.0 cm³/mol. The fourth-order valence-electron chi connectivity index (χ4n) is 2.46. The van der Waals surface area contributed by atoms with Crippen LogP contribution in [0.1, 0.15) is 39.0 Å². The van der Waals surface area contributed by atoms with Gasteiger partial charge in [-0.2, -0.15) is 0 Å². The van der Waals surface area contributed by atoms with Crippen molar-refractivity contribution in [2.24, 2.45) is 0 Å². The highest BCUT2D eigenvalue weighted by molar-refractivity contribution is 6.42. The highest BCUT2D eigenvalue weighted by Gasteiger charge is 2.21. The van der Waals surface area contributed by atoms with Gasteiger partial charge in [-0.15, -0.1) is 0 Å². The van der Waals surface area contributed by atoms with Crippen molar-refractivity contribution in [1.29, 1.82) is 0 Å². The molecule has 1 aliphatic carbocycles. The molecule has 1 unspecified atom stereocenters. The van der Waals surface area contributed by atoms with Gasteiger partial charge in [0.25, 0.3) is 5.91 Å². The lowest BCUT2D eigenvalue weighted by molar-refractivity contribution is -0.128. The number of benzene rings is 1. The highest BCUT2D eigenvalue weighted by atomic mass is 35.5. The minimum Gasteiger partial charge on any atom is -0.479 e. The zero-order valence-corrected chi connectivity index (χ0v) is 13.5. The molecular formula is C15H20Cl2N2O2. The van der Waals surface area contributed by atoms with Gasteiger partial charge in [-0.1, -0.05) is 42.5 Å². The summed E-state index contributed by atoms with van der Waals surface area (Å²) in [6, 6.07) is 3.30. The van der Waals surface area contributed by atoms with Crippen LogP contribution in [0.15, 0.2) is 12.1 Å². The van der Waals surface area contributed by atoms with E-state index in [1.165, 1.54) is 31.4 Å². The molecule has 1 amide bonds. The number of ether oxygens (including phenoxy) is 1. The van der Waals surface area contributed by atoms with Gasteiger partial charge in [0.2, 0.25) is 0 Å². The first-order valence-electron chi connectivity index (χ1n) is 7.19. The van der Waals surface area contributed by atoms with Gasteiger partial charge in [-0.05, 0) is 25.8 Å². The Morgan fingerprint density at radius 2 is 1.90 bits per heavy atom. The van der Waals surface area contributed by atoms with Crippen molar-refractivity contribution in [1.82, 2.24) is 5.32 Å². The number of hydrogen-bond acceptors (Lipinski definition) is 3. The maximum Gasteiger partial charge on any atom is 0.260 e. The van der Waals surface area contributed by atoms with Crippen molar-refractivity contribution in [2.45, 2.75) is 51.2 Å². The van der Waals surface area contributed by atoms with E-state index in [4.69, 9.17) is 33.7 Å². The standard InChI is InChI=1S/C15H20Cl2N2O2/c1-9(15(20)19-10-5-3-2-4-6-10)21-14-8-12(17)11(16)7-13(14)18/h7-10H,2-6,18H2,1H3,(H,19,20). The normalized spacial score (nSPS) is 17.3. The molecule has 21 heavy (non-hydrogen) atoms. The van der Waals surface area contributed by atoms with Crippen LogP contribution in [0.3, 0.4) is 0 Å². The Morgan fingerprint density at radius 3 is 2.57 bits per heavy atom. The second-order valence-corrected chi connectivity index (χ2v) is 6.22. The number of amides is 1. The number of nitrogen functional groups attached to an aromatic ring is 1. The molecule has 1 atom stereocenters. The van der Waals surface area contributed by atoms with E-state index in [1.54, 1.807) is 6.92 Å². The summed E-state index contributed by atoms with van der Waals surface area (Å²) < 4.78 is 5.60. The molecule has 0 aromatic heterocycles. The van der Waals surface area contributed by atoms with E-state index < -0.39 is 6.10 Å². The summed E-state index contributed by atoms with van der Waals surface area (Å²) in [5.74, 6) is 0.239. The molecule has 1 aromatic carbocycles. The van der Waals surface area contributed by atoms with Gasteiger partial charge in [0.15, 0.2) is 6.10 Å². The van der Waals surface area contributed by atoms with Gasteiger partial charge in [-0.3, -0.25) is 4.79 Å². The molecule has 1 saturated carbocycles. The molecule has 0 heterocycles. The van der Waals surface area contributed by atoms with Gasteiger partial charge in [-0.25, -0.2) is 0 Å². The lowest BCUT2D eigenvalue weighted by Gasteiger charge is -2.25. The van der Waals surface area contributed by atoms with Crippen LogP contribution in [0.25, 0.3) is 0 Å². The smallest absolute Gasteiger partial charge is 0.260 e. The van der Waals surface area contributed by atoms with Crippen LogP contribution >= 0.6 is 23.2 Å². The molecule has 116 valence electrons. The SMILES string of the molecule is CC(Oc1cc(Cl)c(Cl)cc1N)C(=O)NC1CCCCC1. The highest BCUT2D eigenvalue weighted by Crippen LogP contribution is 2.32. The maximum absolute atomic E-state index is 12.1. The minimum atomic E-state index is -0.633. The number of hydrogen-bond donors (Lipinski definition) is 2. The Morgan fingerprint density at radius 1 is 1.29 bits per heavy atom. The van der Waals surface area contributed by atoms with Gasteiger partial charge >= 0.3 is 0 Å². The number of carbonyl (C=O) groups excluding carboxylic acids is 1. The Labute approximate surface area is 134 Å². The van der Waals surface area contributed by atoms with Crippen LogP contribution in [0.4, 0.5) is 5.69 Å². The van der Waals surface area contributed by atoms with Gasteiger partial charge < -0.3 is 15.8 Å². The zero-order chi connectivity index (χ0) is 15.4. The Balaban J connectivity index is 1.95. The van der Waals surface area contributed by atoms with Crippen LogP contribution in [0, 0.1) is 0 Å². The van der Waals surface area contributed by atoms with Gasteiger partial charge in [0.1, 0.15) is 5.75 Å². The second kappa shape index (κ2) is 7.23. The minimum absolute atomic E-state index is 0.132. The van der Waals surface area contributed by atoms with Gasteiger partial charge in [0, 0.05) is 12.1 Å². The number of nitrogens with one attached hydrogen (secondary N) is 1. The average Bonchev–Trinajstić information content (AvgIpc) is 2.45. The third-order valence-corrected chi connectivity index (χ3v) is 4.40. The number of rotatable bonds is 4. The fourth-order valence-corrected chi connectivity index (χ4v) is 2.78. The first-order chi connectivity index (χ1) is 9.97. The first-order valence-corrected chi connectivity index (χ1v) is 7.94. The van der Waals surface area contributed by atoms with E-state index in [9.17, 15) is 4.79 Å². The largest absolute Gasteiger partial charge is 0.479 e. The fraction of sp³-hybridized carbons (Fsp3) is 0.533. The molecule has 1 aromatic rings. The number of nitrogens with two attached hydrogens (primary N) is 1. The summed E-state index contributed by atoms with van der Waals surface area (Å²) >= 11 is 11.8. The molecule has 3 N–H and O–H groups in total. The van der Waals surface area contributed by atoms with E-state index in [0.29, 0.717) is 21.5 Å². The number of anilines is 1. The summed E-state index contributed by atoms with van der Waals surface area (Å²) in [5, 5.41) is 3.73. The van der Waals surface area contributed by atoms with E-state index in [0.717, 1.165) is 12.8 Å². The van der Waals surface area contributed by atoms with E-state index in [-0.39, 0.29) is 11.9 Å². The van der Waals surface area contributed by atoms with Crippen LogP contribution in [0.2, 0.25) is 10.0 Å². The first kappa shape index (κ1) is 16.2. The van der Waals surface area contributed by atoms with E-state index in [2.05, 4.69) is 5.32 Å². The van der Waals surface area contributed by atoms with Crippen LogP contribution in [-0.4, -0.2) is 18.1 Å². The summed E-state index contributed by atoms with van der Waals surface area (Å²) in [4.78, 5) is 12.1. The van der Waals surface area contributed by atoms with Crippen molar-refractivity contribution < 1.29 is 9.53 Å². The van der Waals surface area contributed by atoms with Crippen molar-refractivity contribution in [3.05, 3.63) is 22.2 Å². The Kier molecular flexibility index (Phi) is 5.59. The molecular weight excluding hydrogens is 311 g/mol. The lowest BCUT2D eigenvalue weighted by atomic mass is 9.95. The van der Waals surface area contributed by atoms with Crippen molar-refractivity contribution in [3.63, 3.8) is 0 Å². The van der Waals surface area contributed by atoms with Crippen molar-refractivity contribution in [3.8, 4) is 5.75 Å². The quantitative estimate of drug-likeness (QED) is 0.825. The molecule has 6 heteroatoms. The Hall–Kier alpha value is -1.13. The molecule has 1 aliphatic rings. The monoisotopic (exact) mass is 330 g/mol. The summed E-state index contributed by atoms with van der Waals surface area (Å²) in [6.07, 6.45) is 5.02. The average molecular weight is 331 g/mol. The zero-order valence-electron chi connectivity index (χ0n) is 12.0. The third-order valence-electron chi connectivity index (χ3n) is 3.68. The summed E-state index contributed by atoms with van der Waals surface area (Å²) in [5.41, 5.74) is 6.19.